The summed E-state index contributed by atoms with van der Waals surface area (Å²) in [4.78, 5) is 0. The summed E-state index contributed by atoms with van der Waals surface area (Å²) in [5.41, 5.74) is 0. The van der Waals surface area contributed by atoms with Crippen molar-refractivity contribution in [2.45, 2.75) is 0 Å². The van der Waals surface area contributed by atoms with E-state index in [4.69, 9.17) is 0 Å². The fraction of sp³-hybridized carbons (Fsp3) is 0. The maximum absolute atomic E-state index is 0. The average molecular weight is 442 g/mol. The van der Waals surface area contributed by atoms with Crippen LogP contribution in [-0.2, 0) is 0 Å². The minimum Gasteiger partial charge on any atom is -1.00 e. The van der Waals surface area contributed by atoms with Gasteiger partial charge in [0.25, 0.3) is 0 Å². The summed E-state index contributed by atoms with van der Waals surface area (Å²) in [6, 6.07) is 0. The fourth-order valence-corrected chi connectivity index (χ4v) is 0. The molecule has 0 amide bonds. The molecule has 0 rings (SSSR count). The zero-order chi connectivity index (χ0) is 0. The van der Waals surface area contributed by atoms with Crippen LogP contribution in [0.1, 0.15) is 1.43 Å². The van der Waals surface area contributed by atoms with Crippen LogP contribution in [0.15, 0.2) is 0 Å². The van der Waals surface area contributed by atoms with Gasteiger partial charge in [0.2, 0.25) is 0 Å². The number of hydrogen-bond donors (Lipinski definition) is 0. The molecular weight excluding hydrogens is 436 g/mol. The van der Waals surface area contributed by atoms with Crippen molar-refractivity contribution < 1.29 is 58.3 Å². The van der Waals surface area contributed by atoms with Gasteiger partial charge in [-0.05, 0) is 0 Å². The Bertz CT molecular complexity index is 10.8. The molecule has 0 saturated carbocycles. The molecule has 5 heteroatoms. The predicted molar refractivity (Wildman–Crippen MR) is 51.0 cm³/mol. The second-order valence-electron chi connectivity index (χ2n) is 0. The minimum atomic E-state index is 0. The Balaban J connectivity index is 0. The van der Waals surface area contributed by atoms with Crippen molar-refractivity contribution in [2.75, 3.05) is 0 Å². The predicted octanol–water partition coefficient (Wildman–Crippen LogP) is -1.85. The van der Waals surface area contributed by atoms with Crippen LogP contribution in [0.4, 0.5) is 0 Å². The van der Waals surface area contributed by atoms with E-state index in [0.29, 0.717) is 0 Å². The van der Waals surface area contributed by atoms with Gasteiger partial charge < -0.3 is 6.90 Å². The van der Waals surface area contributed by atoms with Crippen LogP contribution < -0.4 is 51.4 Å². The molecule has 0 aromatic heterocycles. The van der Waals surface area contributed by atoms with Gasteiger partial charge in [-0.25, -0.2) is 0 Å². The van der Waals surface area contributed by atoms with E-state index in [9.17, 15) is 0 Å². The molecule has 34 valence electrons. The van der Waals surface area contributed by atoms with E-state index in [0.717, 1.165) is 0 Å². The maximum Gasteiger partial charge on any atom is 1.00 e. The average Bonchev–Trinajstić information content (AvgIpc) is 0. The molecule has 5 heavy (non-hydrogen) atoms. The summed E-state index contributed by atoms with van der Waals surface area (Å²) in [6.45, 7) is 0. The van der Waals surface area contributed by atoms with Gasteiger partial charge in [-0.2, -0.15) is 0 Å². The Morgan fingerprint density at radius 1 is 0.800 bits per heavy atom. The first-order chi connectivity index (χ1) is 0. The number of hydrogen-bond acceptors (Lipinski definition) is 0. The summed E-state index contributed by atoms with van der Waals surface area (Å²) in [5, 5.41) is 0. The molecule has 2 N–H and O–H groups in total. The van der Waals surface area contributed by atoms with E-state index in [2.05, 4.69) is 0 Å². The molecule has 0 aliphatic heterocycles. The third-order valence-electron chi connectivity index (χ3n) is 0. The first-order valence-corrected chi connectivity index (χ1v) is 0. The molecule has 0 aliphatic rings. The Kier molecular flexibility index (Phi) is 186. The molecule has 0 aromatic carbocycles. The zero-order valence-corrected chi connectivity index (χ0v) is 12.8. The second-order valence-corrected chi connectivity index (χ2v) is 0. The molecule has 0 aromatic rings. The smallest absolute Gasteiger partial charge is 1.00 e. The normalized spacial score (nSPS) is 0. The van der Waals surface area contributed by atoms with Gasteiger partial charge in [0.1, 0.15) is 0 Å². The first-order valence-electron chi connectivity index (χ1n) is 0. The van der Waals surface area contributed by atoms with Crippen molar-refractivity contribution in [1.82, 2.24) is 0 Å². The minimum absolute atomic E-state index is 0. The van der Waals surface area contributed by atoms with Gasteiger partial charge >= 0.3 is 51.4 Å². The Labute approximate surface area is 127 Å². The standard InChI is InChI=1S/3HI.K.H2O.H/h3*1H;;1H2;/q;;;+1;;-1. The van der Waals surface area contributed by atoms with E-state index in [-0.39, 0.29) is 130 Å². The quantitative estimate of drug-likeness (QED) is 0.312. The van der Waals surface area contributed by atoms with Gasteiger partial charge in [0.05, 0.1) is 0 Å². The van der Waals surface area contributed by atoms with E-state index in [1.165, 1.54) is 0 Å². The molecule has 0 saturated heterocycles. The van der Waals surface area contributed by atoms with Crippen LogP contribution in [0.2, 0.25) is 0 Å². The van der Waals surface area contributed by atoms with Crippen molar-refractivity contribution >= 4 is 71.9 Å². The van der Waals surface area contributed by atoms with E-state index in [1.807, 2.05) is 0 Å². The van der Waals surface area contributed by atoms with Crippen molar-refractivity contribution in [2.24, 2.45) is 0 Å². The molecule has 0 bridgehead atoms. The molecule has 0 spiro atoms. The molecular formula is H6I3KO. The summed E-state index contributed by atoms with van der Waals surface area (Å²) in [6.07, 6.45) is 0. The van der Waals surface area contributed by atoms with Gasteiger partial charge in [-0.15, -0.1) is 71.9 Å². The molecule has 0 atom stereocenters. The summed E-state index contributed by atoms with van der Waals surface area (Å²) in [5.74, 6) is 0. The molecule has 0 aliphatic carbocycles. The van der Waals surface area contributed by atoms with Gasteiger partial charge in [0.15, 0.2) is 0 Å². The Morgan fingerprint density at radius 3 is 0.800 bits per heavy atom. The Hall–Kier alpha value is 3.79. The van der Waals surface area contributed by atoms with Crippen LogP contribution in [0.3, 0.4) is 0 Å². The number of halogens is 3. The summed E-state index contributed by atoms with van der Waals surface area (Å²) < 4.78 is 0. The monoisotopic (exact) mass is 442 g/mol. The third kappa shape index (κ3) is 18.2. The van der Waals surface area contributed by atoms with Gasteiger partial charge in [0, 0.05) is 0 Å². The van der Waals surface area contributed by atoms with Crippen LogP contribution in [0.25, 0.3) is 0 Å². The van der Waals surface area contributed by atoms with Crippen LogP contribution in [0, 0.1) is 0 Å². The molecule has 0 radical (unpaired) electrons. The largest absolute Gasteiger partial charge is 1.00 e. The second kappa shape index (κ2) is 25.0. The van der Waals surface area contributed by atoms with Crippen LogP contribution in [-0.4, -0.2) is 5.48 Å². The topological polar surface area (TPSA) is 31.5 Å². The zero-order valence-electron chi connectivity index (χ0n) is 3.72. The van der Waals surface area contributed by atoms with Crippen molar-refractivity contribution in [3.05, 3.63) is 0 Å². The molecule has 0 unspecified atom stereocenters. The summed E-state index contributed by atoms with van der Waals surface area (Å²) in [7, 11) is 0. The van der Waals surface area contributed by atoms with Crippen molar-refractivity contribution in [3.8, 4) is 0 Å². The van der Waals surface area contributed by atoms with E-state index in [1.54, 1.807) is 0 Å². The Morgan fingerprint density at radius 2 is 0.800 bits per heavy atom. The fourth-order valence-electron chi connectivity index (χ4n) is 0. The first kappa shape index (κ1) is 37.2. The number of rotatable bonds is 0. The van der Waals surface area contributed by atoms with Crippen LogP contribution >= 0.6 is 71.9 Å². The van der Waals surface area contributed by atoms with Crippen molar-refractivity contribution in [3.63, 3.8) is 0 Å². The van der Waals surface area contributed by atoms with Gasteiger partial charge in [-0.3, -0.25) is 0 Å². The maximum atomic E-state index is 0. The van der Waals surface area contributed by atoms with E-state index >= 15 is 0 Å². The third-order valence-corrected chi connectivity index (χ3v) is 0. The van der Waals surface area contributed by atoms with Crippen molar-refractivity contribution in [1.29, 1.82) is 0 Å². The molecule has 0 fully saturated rings. The van der Waals surface area contributed by atoms with Gasteiger partial charge in [-0.1, -0.05) is 0 Å². The molecule has 1 nitrogen and oxygen atoms in total. The SMILES string of the molecule is I.I.I.O.[H-].[K+]. The van der Waals surface area contributed by atoms with E-state index < -0.39 is 0 Å². The molecule has 0 heterocycles. The van der Waals surface area contributed by atoms with Crippen LogP contribution in [0.5, 0.6) is 0 Å². The summed E-state index contributed by atoms with van der Waals surface area (Å²) >= 11 is 0.